The van der Waals surface area contributed by atoms with Crippen LogP contribution in [-0.2, 0) is 0 Å². The molecule has 0 spiro atoms. The number of hydrogen-bond acceptors (Lipinski definition) is 5. The Balaban J connectivity index is 1.69. The van der Waals surface area contributed by atoms with Gasteiger partial charge in [0.15, 0.2) is 5.76 Å². The number of nitrogens with two attached hydrogens (primary N) is 1. The number of hydrogen-bond donors (Lipinski definition) is 3. The first kappa shape index (κ1) is 16.9. The average Bonchev–Trinajstić information content (AvgIpc) is 3.19. The Labute approximate surface area is 165 Å². The largest absolute Gasteiger partial charge is 0.508 e. The summed E-state index contributed by atoms with van der Waals surface area (Å²) in [6.07, 6.45) is 3.33. The summed E-state index contributed by atoms with van der Waals surface area (Å²) < 4.78 is 7.13. The molecule has 1 aromatic heterocycles. The number of benzene rings is 3. The molecule has 0 unspecified atom stereocenters. The molecule has 0 aliphatic carbocycles. The van der Waals surface area contributed by atoms with E-state index in [4.69, 9.17) is 10.6 Å². The topological polar surface area (TPSA) is 97.7 Å². The maximum atomic E-state index is 12.8. The molecule has 0 fully saturated rings. The molecule has 1 aliphatic rings. The minimum absolute atomic E-state index is 0.0359. The predicted molar refractivity (Wildman–Crippen MR) is 110 cm³/mol. The predicted octanol–water partition coefficient (Wildman–Crippen LogP) is 4.05. The number of fused-ring (bicyclic) bond motifs is 2. The van der Waals surface area contributed by atoms with Crippen LogP contribution in [0, 0.1) is 0 Å². The van der Waals surface area contributed by atoms with E-state index in [1.807, 2.05) is 48.5 Å². The van der Waals surface area contributed by atoms with E-state index in [0.717, 1.165) is 28.1 Å². The summed E-state index contributed by atoms with van der Waals surface area (Å²) >= 11 is 0. The van der Waals surface area contributed by atoms with Crippen molar-refractivity contribution in [2.24, 2.45) is 0 Å². The van der Waals surface area contributed by atoms with Crippen LogP contribution in [0.15, 0.2) is 72.6 Å². The Morgan fingerprint density at radius 3 is 2.59 bits per heavy atom. The van der Waals surface area contributed by atoms with Gasteiger partial charge in [0.1, 0.15) is 22.8 Å². The molecule has 142 valence electrons. The number of allylic oxidation sites excluding steroid dienone is 1. The molecule has 29 heavy (non-hydrogen) atoms. The molecule has 6 heteroatoms. The number of ketones is 1. The molecule has 3 aromatic carbocycles. The van der Waals surface area contributed by atoms with E-state index in [1.54, 1.807) is 12.3 Å². The highest BCUT2D eigenvalue weighted by atomic mass is 16.5. The van der Waals surface area contributed by atoms with Crippen LogP contribution in [0.5, 0.6) is 17.2 Å². The van der Waals surface area contributed by atoms with E-state index in [1.165, 1.54) is 10.7 Å². The summed E-state index contributed by atoms with van der Waals surface area (Å²) in [5.74, 6) is 5.37. The molecule has 0 saturated heterocycles. The second kappa shape index (κ2) is 6.17. The third-order valence-corrected chi connectivity index (χ3v) is 5.00. The first-order valence-electron chi connectivity index (χ1n) is 8.98. The highest BCUT2D eigenvalue weighted by molar-refractivity contribution is 6.17. The molecule has 1 aliphatic heterocycles. The Kier molecular flexibility index (Phi) is 3.61. The Hall–Kier alpha value is -4.19. The lowest BCUT2D eigenvalue weighted by molar-refractivity contribution is 0.101. The second-order valence-corrected chi connectivity index (χ2v) is 6.84. The lowest BCUT2D eigenvalue weighted by atomic mass is 9.98. The van der Waals surface area contributed by atoms with E-state index in [2.05, 4.69) is 0 Å². The molecule has 5 rings (SSSR count). The van der Waals surface area contributed by atoms with Gasteiger partial charge in [0.2, 0.25) is 5.78 Å². The summed E-state index contributed by atoms with van der Waals surface area (Å²) in [4.78, 5) is 12.8. The molecule has 6 nitrogen and oxygen atoms in total. The first-order valence-corrected chi connectivity index (χ1v) is 8.98. The Bertz CT molecular complexity index is 1320. The number of aromatic hydroxyl groups is 2. The summed E-state index contributed by atoms with van der Waals surface area (Å²) in [6.45, 7) is 0. The van der Waals surface area contributed by atoms with Crippen molar-refractivity contribution in [3.63, 3.8) is 0 Å². The third kappa shape index (κ3) is 2.62. The Morgan fingerprint density at radius 1 is 1.00 bits per heavy atom. The van der Waals surface area contributed by atoms with Crippen molar-refractivity contribution in [1.29, 1.82) is 0 Å². The maximum Gasteiger partial charge on any atom is 0.235 e. The van der Waals surface area contributed by atoms with Crippen LogP contribution in [0.3, 0.4) is 0 Å². The average molecular weight is 384 g/mol. The number of rotatable bonds is 2. The fourth-order valence-electron chi connectivity index (χ4n) is 3.73. The molecule has 0 bridgehead atoms. The molecule has 4 N–H and O–H groups in total. The third-order valence-electron chi connectivity index (χ3n) is 5.00. The summed E-state index contributed by atoms with van der Waals surface area (Å²) in [7, 11) is 0. The lowest BCUT2D eigenvalue weighted by Gasteiger charge is -2.06. The van der Waals surface area contributed by atoms with Crippen LogP contribution < -0.4 is 10.6 Å². The van der Waals surface area contributed by atoms with Crippen LogP contribution in [0.1, 0.15) is 15.9 Å². The molecule has 0 saturated carbocycles. The molecular weight excluding hydrogens is 368 g/mol. The number of aromatic nitrogens is 1. The Morgan fingerprint density at radius 2 is 1.79 bits per heavy atom. The van der Waals surface area contributed by atoms with Gasteiger partial charge in [-0.05, 0) is 23.3 Å². The molecule has 0 atom stereocenters. The normalized spacial score (nSPS) is 14.3. The number of phenols is 2. The van der Waals surface area contributed by atoms with Gasteiger partial charge in [-0.1, -0.05) is 42.5 Å². The zero-order chi connectivity index (χ0) is 20.1. The number of ether oxygens (including phenoxy) is 1. The number of carbonyl (C=O) groups is 1. The van der Waals surface area contributed by atoms with Gasteiger partial charge in [-0.3, -0.25) is 9.47 Å². The highest BCUT2D eigenvalue weighted by Crippen LogP contribution is 2.41. The molecular formula is C23H16N2O4. The number of carbonyl (C=O) groups excluding carboxylic acids is 1. The molecule has 4 aromatic rings. The zero-order valence-corrected chi connectivity index (χ0v) is 15.2. The van der Waals surface area contributed by atoms with E-state index >= 15 is 0 Å². The standard InChI is InChI=1S/C23H16N2O4/c24-25-12-14(9-20-23(28)22-18(27)10-15(26)11-19(22)29-20)21-16(7-4-8-17(21)25)13-5-2-1-3-6-13/h1-12,26-27H,24H2/b20-9-. The van der Waals surface area contributed by atoms with Crippen molar-refractivity contribution in [3.05, 3.63) is 83.7 Å². The first-order chi connectivity index (χ1) is 14.0. The van der Waals surface area contributed by atoms with Crippen LogP contribution in [-0.4, -0.2) is 20.7 Å². The number of nitrogens with zero attached hydrogens (tertiary/aromatic N) is 1. The fraction of sp³-hybridized carbons (Fsp3) is 0. The van der Waals surface area contributed by atoms with E-state index in [0.29, 0.717) is 5.56 Å². The van der Waals surface area contributed by atoms with E-state index in [-0.39, 0.29) is 28.6 Å². The zero-order valence-electron chi connectivity index (χ0n) is 15.2. The highest BCUT2D eigenvalue weighted by Gasteiger charge is 2.31. The van der Waals surface area contributed by atoms with Crippen molar-refractivity contribution in [2.75, 3.05) is 5.84 Å². The van der Waals surface area contributed by atoms with Gasteiger partial charge in [0, 0.05) is 29.3 Å². The second-order valence-electron chi connectivity index (χ2n) is 6.84. The molecule has 0 amide bonds. The number of phenolic OH excluding ortho intramolecular Hbond substituents is 2. The van der Waals surface area contributed by atoms with Gasteiger partial charge in [-0.2, -0.15) is 0 Å². The van der Waals surface area contributed by atoms with Crippen LogP contribution in [0.25, 0.3) is 28.1 Å². The van der Waals surface area contributed by atoms with Crippen LogP contribution in [0.2, 0.25) is 0 Å². The van der Waals surface area contributed by atoms with Crippen LogP contribution >= 0.6 is 0 Å². The summed E-state index contributed by atoms with van der Waals surface area (Å²) in [5, 5.41) is 20.6. The van der Waals surface area contributed by atoms with Gasteiger partial charge in [0.25, 0.3) is 0 Å². The van der Waals surface area contributed by atoms with Gasteiger partial charge >= 0.3 is 0 Å². The molecule has 0 radical (unpaired) electrons. The van der Waals surface area contributed by atoms with E-state index in [9.17, 15) is 15.0 Å². The van der Waals surface area contributed by atoms with Crippen molar-refractivity contribution in [1.82, 2.24) is 4.68 Å². The van der Waals surface area contributed by atoms with Crippen molar-refractivity contribution >= 4 is 22.8 Å². The summed E-state index contributed by atoms with van der Waals surface area (Å²) in [5.41, 5.74) is 3.55. The summed E-state index contributed by atoms with van der Waals surface area (Å²) in [6, 6.07) is 18.1. The van der Waals surface area contributed by atoms with Gasteiger partial charge < -0.3 is 20.8 Å². The van der Waals surface area contributed by atoms with Crippen molar-refractivity contribution < 1.29 is 19.7 Å². The van der Waals surface area contributed by atoms with Gasteiger partial charge in [0.05, 0.1) is 5.52 Å². The van der Waals surface area contributed by atoms with Gasteiger partial charge in [-0.15, -0.1) is 0 Å². The minimum atomic E-state index is -0.451. The lowest BCUT2D eigenvalue weighted by Crippen LogP contribution is -2.04. The van der Waals surface area contributed by atoms with Crippen molar-refractivity contribution in [2.45, 2.75) is 0 Å². The SMILES string of the molecule is Nn1cc(/C=C2\Oc3cc(O)cc(O)c3C2=O)c2c(-c3ccccc3)cccc21. The van der Waals surface area contributed by atoms with Crippen molar-refractivity contribution in [3.8, 4) is 28.4 Å². The quantitative estimate of drug-likeness (QED) is 0.358. The number of nitrogen functional groups attached to an aromatic ring is 1. The monoisotopic (exact) mass is 384 g/mol. The van der Waals surface area contributed by atoms with E-state index < -0.39 is 5.78 Å². The van der Waals surface area contributed by atoms with Gasteiger partial charge in [-0.25, -0.2) is 0 Å². The smallest absolute Gasteiger partial charge is 0.235 e. The fourth-order valence-corrected chi connectivity index (χ4v) is 3.73. The number of Topliss-reactive ketones (excluding diaryl/α,β-unsaturated/α-hetero) is 1. The molecule has 2 heterocycles. The minimum Gasteiger partial charge on any atom is -0.508 e. The van der Waals surface area contributed by atoms with Crippen LogP contribution in [0.4, 0.5) is 0 Å². The maximum absolute atomic E-state index is 12.8.